The third-order valence-electron chi connectivity index (χ3n) is 1.38. The first-order chi connectivity index (χ1) is 5.66. The maximum Gasteiger partial charge on any atom is 0.337 e. The molecule has 1 aromatic rings. The van der Waals surface area contributed by atoms with Crippen LogP contribution in [-0.2, 0) is 0 Å². The van der Waals surface area contributed by atoms with Crippen LogP contribution in [0.5, 0.6) is 0 Å². The minimum absolute atomic E-state index is 0.00926. The Morgan fingerprint density at radius 2 is 2.25 bits per heavy atom. The lowest BCUT2D eigenvalue weighted by molar-refractivity contribution is 0.0696. The normalized spacial score (nSPS) is 9.00. The van der Waals surface area contributed by atoms with Crippen LogP contribution in [0.1, 0.15) is 15.9 Å². The highest BCUT2D eigenvalue weighted by atomic mass is 32.1. The van der Waals surface area contributed by atoms with Gasteiger partial charge < -0.3 is 5.11 Å². The lowest BCUT2D eigenvalue weighted by Crippen LogP contribution is -2.00. The van der Waals surface area contributed by atoms with Crippen LogP contribution < -0.4 is 0 Å². The molecule has 0 saturated heterocycles. The molecule has 0 saturated carbocycles. The Hall–Kier alpha value is -1.47. The molecule has 0 atom stereocenters. The number of rotatable bonds is 1. The van der Waals surface area contributed by atoms with E-state index >= 15 is 0 Å². The highest BCUT2D eigenvalue weighted by Gasteiger charge is 2.10. The summed E-state index contributed by atoms with van der Waals surface area (Å²) in [7, 11) is 0. The van der Waals surface area contributed by atoms with E-state index in [1.165, 1.54) is 6.07 Å². The van der Waals surface area contributed by atoms with Gasteiger partial charge in [-0.25, -0.2) is 4.79 Å². The number of nitriles is 1. The van der Waals surface area contributed by atoms with Gasteiger partial charge in [-0.3, -0.25) is 0 Å². The van der Waals surface area contributed by atoms with Crippen LogP contribution in [0.15, 0.2) is 23.1 Å². The van der Waals surface area contributed by atoms with E-state index < -0.39 is 5.97 Å². The van der Waals surface area contributed by atoms with E-state index in [0.717, 1.165) is 0 Å². The Labute approximate surface area is 74.7 Å². The van der Waals surface area contributed by atoms with Crippen LogP contribution >= 0.6 is 12.6 Å². The van der Waals surface area contributed by atoms with Gasteiger partial charge in [0.2, 0.25) is 0 Å². The van der Waals surface area contributed by atoms with E-state index in [-0.39, 0.29) is 11.1 Å². The summed E-state index contributed by atoms with van der Waals surface area (Å²) >= 11 is 3.96. The predicted molar refractivity (Wildman–Crippen MR) is 45.4 cm³/mol. The molecule has 0 radical (unpaired) electrons. The Morgan fingerprint density at radius 3 is 2.67 bits per heavy atom. The minimum atomic E-state index is -1.11. The Balaban J connectivity index is 3.40. The quantitative estimate of drug-likeness (QED) is 0.643. The van der Waals surface area contributed by atoms with Gasteiger partial charge in [0.05, 0.1) is 11.1 Å². The minimum Gasteiger partial charge on any atom is -0.478 e. The molecule has 0 unspecified atom stereocenters. The van der Waals surface area contributed by atoms with E-state index in [1.54, 1.807) is 18.2 Å². The van der Waals surface area contributed by atoms with Gasteiger partial charge in [0.25, 0.3) is 0 Å². The Bertz CT molecular complexity index is 368. The van der Waals surface area contributed by atoms with E-state index in [2.05, 4.69) is 12.6 Å². The zero-order chi connectivity index (χ0) is 9.14. The molecule has 0 heterocycles. The van der Waals surface area contributed by atoms with Gasteiger partial charge in [0, 0.05) is 4.90 Å². The number of aromatic carboxylic acids is 1. The standard InChI is InChI=1S/C8H5NO2S/c9-4-6-5(8(10)11)2-1-3-7(6)12/h1-3,12H,(H,10,11). The average molecular weight is 179 g/mol. The molecule has 0 aliphatic rings. The number of carbonyl (C=O) groups is 1. The van der Waals surface area contributed by atoms with Gasteiger partial charge in [-0.15, -0.1) is 12.6 Å². The van der Waals surface area contributed by atoms with E-state index in [4.69, 9.17) is 10.4 Å². The highest BCUT2D eigenvalue weighted by Crippen LogP contribution is 2.16. The van der Waals surface area contributed by atoms with Crippen molar-refractivity contribution in [3.8, 4) is 6.07 Å². The van der Waals surface area contributed by atoms with Crippen molar-refractivity contribution < 1.29 is 9.90 Å². The Kier molecular flexibility index (Phi) is 2.36. The van der Waals surface area contributed by atoms with Gasteiger partial charge in [0.1, 0.15) is 6.07 Å². The molecule has 4 heteroatoms. The number of nitrogens with zero attached hydrogens (tertiary/aromatic N) is 1. The van der Waals surface area contributed by atoms with E-state index in [1.807, 2.05) is 0 Å². The van der Waals surface area contributed by atoms with Crippen molar-refractivity contribution in [3.05, 3.63) is 29.3 Å². The number of carboxylic acids is 1. The smallest absolute Gasteiger partial charge is 0.337 e. The summed E-state index contributed by atoms with van der Waals surface area (Å²) in [5.41, 5.74) is 0.0957. The molecule has 3 nitrogen and oxygen atoms in total. The summed E-state index contributed by atoms with van der Waals surface area (Å²) in [5, 5.41) is 17.2. The molecule has 0 aromatic heterocycles. The first-order valence-electron chi connectivity index (χ1n) is 3.12. The summed E-state index contributed by atoms with van der Waals surface area (Å²) in [5.74, 6) is -1.11. The Morgan fingerprint density at radius 1 is 1.58 bits per heavy atom. The maximum absolute atomic E-state index is 10.5. The molecule has 0 spiro atoms. The number of carboxylic acid groups (broad SMARTS) is 1. The molecule has 0 fully saturated rings. The first kappa shape index (κ1) is 8.62. The molecule has 0 amide bonds. The van der Waals surface area contributed by atoms with Crippen molar-refractivity contribution >= 4 is 18.6 Å². The molecule has 60 valence electrons. The summed E-state index contributed by atoms with van der Waals surface area (Å²) in [6.07, 6.45) is 0. The lowest BCUT2D eigenvalue weighted by Gasteiger charge is -1.99. The summed E-state index contributed by atoms with van der Waals surface area (Å²) < 4.78 is 0. The molecular formula is C8H5NO2S. The number of benzene rings is 1. The average Bonchev–Trinajstić information content (AvgIpc) is 2.03. The molecule has 0 bridgehead atoms. The first-order valence-corrected chi connectivity index (χ1v) is 3.57. The van der Waals surface area contributed by atoms with Gasteiger partial charge in [-0.05, 0) is 12.1 Å². The summed E-state index contributed by atoms with van der Waals surface area (Å²) in [6, 6.07) is 6.29. The van der Waals surface area contributed by atoms with Crippen LogP contribution in [0.3, 0.4) is 0 Å². The fraction of sp³-hybridized carbons (Fsp3) is 0. The van der Waals surface area contributed by atoms with Crippen molar-refractivity contribution in [2.24, 2.45) is 0 Å². The van der Waals surface area contributed by atoms with Crippen LogP contribution in [-0.4, -0.2) is 11.1 Å². The van der Waals surface area contributed by atoms with Crippen LogP contribution in [0.2, 0.25) is 0 Å². The van der Waals surface area contributed by atoms with Gasteiger partial charge in [-0.2, -0.15) is 5.26 Å². The summed E-state index contributed by atoms with van der Waals surface area (Å²) in [4.78, 5) is 10.9. The van der Waals surface area contributed by atoms with Crippen molar-refractivity contribution in [2.75, 3.05) is 0 Å². The fourth-order valence-electron chi connectivity index (χ4n) is 0.836. The molecule has 1 N–H and O–H groups in total. The molecule has 0 aliphatic heterocycles. The second-order valence-electron chi connectivity index (χ2n) is 2.12. The summed E-state index contributed by atoms with van der Waals surface area (Å²) in [6.45, 7) is 0. The van der Waals surface area contributed by atoms with Crippen LogP contribution in [0.4, 0.5) is 0 Å². The maximum atomic E-state index is 10.5. The van der Waals surface area contributed by atoms with Crippen LogP contribution in [0, 0.1) is 11.3 Å². The van der Waals surface area contributed by atoms with Gasteiger partial charge >= 0.3 is 5.97 Å². The highest BCUT2D eigenvalue weighted by molar-refractivity contribution is 7.80. The van der Waals surface area contributed by atoms with Gasteiger partial charge in [0.15, 0.2) is 0 Å². The third kappa shape index (κ3) is 1.41. The largest absolute Gasteiger partial charge is 0.478 e. The molecule has 12 heavy (non-hydrogen) atoms. The molecule has 0 aliphatic carbocycles. The van der Waals surface area contributed by atoms with E-state index in [9.17, 15) is 4.79 Å². The van der Waals surface area contributed by atoms with Crippen molar-refractivity contribution in [2.45, 2.75) is 4.90 Å². The predicted octanol–water partition coefficient (Wildman–Crippen LogP) is 1.55. The van der Waals surface area contributed by atoms with Crippen molar-refractivity contribution in [1.29, 1.82) is 5.26 Å². The second-order valence-corrected chi connectivity index (χ2v) is 2.60. The number of hydrogen-bond donors (Lipinski definition) is 2. The number of hydrogen-bond acceptors (Lipinski definition) is 3. The SMILES string of the molecule is N#Cc1c(S)cccc1C(=O)O. The van der Waals surface area contributed by atoms with Crippen molar-refractivity contribution in [1.82, 2.24) is 0 Å². The second kappa shape index (κ2) is 3.28. The van der Waals surface area contributed by atoms with Crippen molar-refractivity contribution in [3.63, 3.8) is 0 Å². The monoisotopic (exact) mass is 179 g/mol. The molecule has 1 rings (SSSR count). The zero-order valence-electron chi connectivity index (χ0n) is 5.98. The van der Waals surface area contributed by atoms with Crippen LogP contribution in [0.25, 0.3) is 0 Å². The lowest BCUT2D eigenvalue weighted by atomic mass is 10.1. The zero-order valence-corrected chi connectivity index (χ0v) is 6.88. The van der Waals surface area contributed by atoms with E-state index in [0.29, 0.717) is 4.90 Å². The third-order valence-corrected chi connectivity index (χ3v) is 1.76. The topological polar surface area (TPSA) is 61.1 Å². The van der Waals surface area contributed by atoms with Gasteiger partial charge in [-0.1, -0.05) is 6.07 Å². The molecular weight excluding hydrogens is 174 g/mol. The molecule has 1 aromatic carbocycles. The number of thiol groups is 1. The fourth-order valence-corrected chi connectivity index (χ4v) is 1.09.